The molecule has 0 saturated heterocycles. The maximum atomic E-state index is 11.9. The van der Waals surface area contributed by atoms with E-state index in [1.807, 2.05) is 18.3 Å². The molecule has 0 N–H and O–H groups in total. The van der Waals surface area contributed by atoms with Crippen molar-refractivity contribution in [3.63, 3.8) is 0 Å². The van der Waals surface area contributed by atoms with Gasteiger partial charge in [-0.3, -0.25) is 4.79 Å². The Labute approximate surface area is 102 Å². The number of aromatic nitrogens is 1. The molecule has 0 spiro atoms. The minimum absolute atomic E-state index is 0.0857. The third-order valence-electron chi connectivity index (χ3n) is 3.21. The van der Waals surface area contributed by atoms with Crippen molar-refractivity contribution in [2.24, 2.45) is 7.05 Å². The van der Waals surface area contributed by atoms with Crippen LogP contribution >= 0.6 is 0 Å². The molecule has 1 aromatic heterocycles. The van der Waals surface area contributed by atoms with Crippen LogP contribution in [0.25, 0.3) is 10.8 Å². The highest BCUT2D eigenvalue weighted by atomic mass is 16.1. The number of hydrogen-bond acceptors (Lipinski definition) is 1. The molecule has 0 aliphatic heterocycles. The molecular weight excluding hydrogens is 210 g/mol. The van der Waals surface area contributed by atoms with Gasteiger partial charge in [-0.1, -0.05) is 31.9 Å². The Morgan fingerprint density at radius 1 is 1.18 bits per heavy atom. The number of benzene rings is 1. The van der Waals surface area contributed by atoms with Gasteiger partial charge >= 0.3 is 0 Å². The van der Waals surface area contributed by atoms with E-state index in [2.05, 4.69) is 19.1 Å². The topological polar surface area (TPSA) is 22.0 Å². The third kappa shape index (κ3) is 2.57. The summed E-state index contributed by atoms with van der Waals surface area (Å²) in [6.07, 6.45) is 6.69. The van der Waals surface area contributed by atoms with Crippen LogP contribution in [0.5, 0.6) is 0 Å². The monoisotopic (exact) mass is 229 g/mol. The molecule has 0 radical (unpaired) electrons. The maximum Gasteiger partial charge on any atom is 0.258 e. The van der Waals surface area contributed by atoms with Crippen LogP contribution in [-0.4, -0.2) is 4.57 Å². The third-order valence-corrected chi connectivity index (χ3v) is 3.21. The average Bonchev–Trinajstić information content (AvgIpc) is 2.34. The van der Waals surface area contributed by atoms with Crippen LogP contribution in [0.15, 0.2) is 35.3 Å². The summed E-state index contributed by atoms with van der Waals surface area (Å²) in [4.78, 5) is 11.9. The summed E-state index contributed by atoms with van der Waals surface area (Å²) in [7, 11) is 1.79. The van der Waals surface area contributed by atoms with Crippen molar-refractivity contribution in [2.45, 2.75) is 32.6 Å². The van der Waals surface area contributed by atoms with Crippen LogP contribution in [-0.2, 0) is 13.5 Å². The summed E-state index contributed by atoms with van der Waals surface area (Å²) in [5.74, 6) is 0. The summed E-state index contributed by atoms with van der Waals surface area (Å²) >= 11 is 0. The van der Waals surface area contributed by atoms with Gasteiger partial charge in [0.15, 0.2) is 0 Å². The second-order valence-corrected chi connectivity index (χ2v) is 4.61. The molecule has 0 fully saturated rings. The van der Waals surface area contributed by atoms with Gasteiger partial charge < -0.3 is 4.57 Å². The van der Waals surface area contributed by atoms with Crippen LogP contribution in [0.3, 0.4) is 0 Å². The number of rotatable bonds is 4. The number of fused-ring (bicyclic) bond motifs is 1. The van der Waals surface area contributed by atoms with Crippen molar-refractivity contribution in [2.75, 3.05) is 0 Å². The van der Waals surface area contributed by atoms with Crippen LogP contribution in [0.1, 0.15) is 31.7 Å². The fourth-order valence-electron chi connectivity index (χ4n) is 2.13. The lowest BCUT2D eigenvalue weighted by atomic mass is 10.0. The van der Waals surface area contributed by atoms with Gasteiger partial charge in [-0.15, -0.1) is 0 Å². The Balaban J connectivity index is 2.32. The molecule has 0 aliphatic carbocycles. The fraction of sp³-hybridized carbons (Fsp3) is 0.400. The van der Waals surface area contributed by atoms with Crippen LogP contribution in [0, 0.1) is 0 Å². The Morgan fingerprint density at radius 2 is 2.00 bits per heavy atom. The van der Waals surface area contributed by atoms with Crippen molar-refractivity contribution < 1.29 is 0 Å². The van der Waals surface area contributed by atoms with Crippen molar-refractivity contribution in [1.82, 2.24) is 4.57 Å². The maximum absolute atomic E-state index is 11.9. The number of aryl methyl sites for hydroxylation is 2. The van der Waals surface area contributed by atoms with Crippen molar-refractivity contribution in [3.8, 4) is 0 Å². The van der Waals surface area contributed by atoms with E-state index in [0.29, 0.717) is 0 Å². The van der Waals surface area contributed by atoms with Gasteiger partial charge in [0.05, 0.1) is 0 Å². The van der Waals surface area contributed by atoms with E-state index in [1.54, 1.807) is 11.6 Å². The van der Waals surface area contributed by atoms with E-state index in [0.717, 1.165) is 17.2 Å². The Morgan fingerprint density at radius 3 is 2.76 bits per heavy atom. The van der Waals surface area contributed by atoms with Crippen molar-refractivity contribution >= 4 is 10.8 Å². The first-order valence-corrected chi connectivity index (χ1v) is 6.30. The van der Waals surface area contributed by atoms with Crippen LogP contribution in [0.4, 0.5) is 0 Å². The minimum Gasteiger partial charge on any atom is -0.318 e. The van der Waals surface area contributed by atoms with Crippen LogP contribution < -0.4 is 5.56 Å². The summed E-state index contributed by atoms with van der Waals surface area (Å²) < 4.78 is 1.62. The number of unbranched alkanes of at least 4 members (excludes halogenated alkanes) is 2. The highest BCUT2D eigenvalue weighted by molar-refractivity contribution is 5.82. The molecule has 2 aromatic rings. The highest BCUT2D eigenvalue weighted by Crippen LogP contribution is 2.14. The first-order valence-electron chi connectivity index (χ1n) is 6.30. The van der Waals surface area contributed by atoms with Gasteiger partial charge in [-0.25, -0.2) is 0 Å². The van der Waals surface area contributed by atoms with Crippen molar-refractivity contribution in [1.29, 1.82) is 0 Å². The Hall–Kier alpha value is -1.57. The molecule has 17 heavy (non-hydrogen) atoms. The zero-order valence-electron chi connectivity index (χ0n) is 10.6. The van der Waals surface area contributed by atoms with Gasteiger partial charge in [0.25, 0.3) is 5.56 Å². The summed E-state index contributed by atoms with van der Waals surface area (Å²) in [6, 6.07) is 8.20. The molecule has 2 nitrogen and oxygen atoms in total. The number of hydrogen-bond donors (Lipinski definition) is 0. The first kappa shape index (κ1) is 11.9. The van der Waals surface area contributed by atoms with Crippen LogP contribution in [0.2, 0.25) is 0 Å². The van der Waals surface area contributed by atoms with E-state index in [1.165, 1.54) is 24.8 Å². The second-order valence-electron chi connectivity index (χ2n) is 4.61. The van der Waals surface area contributed by atoms with Gasteiger partial charge in [0.1, 0.15) is 0 Å². The average molecular weight is 229 g/mol. The predicted molar refractivity (Wildman–Crippen MR) is 72.4 cm³/mol. The van der Waals surface area contributed by atoms with E-state index < -0.39 is 0 Å². The molecule has 0 amide bonds. The largest absolute Gasteiger partial charge is 0.318 e. The molecule has 90 valence electrons. The molecule has 0 bridgehead atoms. The number of pyridine rings is 1. The zero-order chi connectivity index (χ0) is 12.3. The van der Waals surface area contributed by atoms with E-state index >= 15 is 0 Å². The highest BCUT2D eigenvalue weighted by Gasteiger charge is 2.01. The predicted octanol–water partition coefficient (Wildman–Crippen LogP) is 3.27. The molecular formula is C15H19NO. The fourth-order valence-corrected chi connectivity index (χ4v) is 2.13. The van der Waals surface area contributed by atoms with Crippen molar-refractivity contribution in [3.05, 3.63) is 46.4 Å². The molecule has 0 atom stereocenters. The van der Waals surface area contributed by atoms with E-state index in [4.69, 9.17) is 0 Å². The number of nitrogens with zero attached hydrogens (tertiary/aromatic N) is 1. The van der Waals surface area contributed by atoms with E-state index in [-0.39, 0.29) is 5.56 Å². The van der Waals surface area contributed by atoms with Gasteiger partial charge in [0.2, 0.25) is 0 Å². The zero-order valence-corrected chi connectivity index (χ0v) is 10.6. The van der Waals surface area contributed by atoms with Gasteiger partial charge in [-0.05, 0) is 35.9 Å². The Kier molecular flexibility index (Phi) is 3.62. The second kappa shape index (κ2) is 5.17. The molecule has 1 heterocycles. The summed E-state index contributed by atoms with van der Waals surface area (Å²) in [6.45, 7) is 2.21. The lowest BCUT2D eigenvalue weighted by Gasteiger charge is -2.04. The smallest absolute Gasteiger partial charge is 0.258 e. The lowest BCUT2D eigenvalue weighted by molar-refractivity contribution is 0.718. The standard InChI is InChI=1S/C15H19NO/c1-3-4-5-6-12-7-8-14-13(11-12)9-10-16(2)15(14)17/h7-11H,3-6H2,1-2H3. The van der Waals surface area contributed by atoms with Gasteiger partial charge in [-0.2, -0.15) is 0 Å². The summed E-state index contributed by atoms with van der Waals surface area (Å²) in [5.41, 5.74) is 1.42. The Bertz CT molecular complexity index is 569. The minimum atomic E-state index is 0.0857. The van der Waals surface area contributed by atoms with E-state index in [9.17, 15) is 4.79 Å². The normalized spacial score (nSPS) is 10.9. The first-order chi connectivity index (χ1) is 8.22. The SMILES string of the molecule is CCCCCc1ccc2c(=O)n(C)ccc2c1. The quantitative estimate of drug-likeness (QED) is 0.737. The van der Waals surface area contributed by atoms with Gasteiger partial charge in [0, 0.05) is 18.6 Å². The molecule has 0 saturated carbocycles. The molecule has 0 aliphatic rings. The molecule has 2 heteroatoms. The lowest BCUT2D eigenvalue weighted by Crippen LogP contribution is -2.15. The molecule has 2 rings (SSSR count). The summed E-state index contributed by atoms with van der Waals surface area (Å²) in [5, 5.41) is 1.87. The molecule has 1 aromatic carbocycles. The molecule has 0 unspecified atom stereocenters.